The van der Waals surface area contributed by atoms with Gasteiger partial charge in [0.1, 0.15) is 0 Å². The molecule has 2 bridgehead atoms. The second kappa shape index (κ2) is 3.89. The SMILES string of the molecule is O=C(O)C1CN(C(=O)NC2CC3CCC2C3)C1. The topological polar surface area (TPSA) is 69.6 Å². The minimum atomic E-state index is -0.797. The normalized spacial score (nSPS) is 35.8. The summed E-state index contributed by atoms with van der Waals surface area (Å²) in [6.45, 7) is 0.726. The van der Waals surface area contributed by atoms with Crippen molar-refractivity contribution in [3.63, 3.8) is 0 Å². The van der Waals surface area contributed by atoms with E-state index in [1.54, 1.807) is 4.90 Å². The van der Waals surface area contributed by atoms with Gasteiger partial charge in [-0.2, -0.15) is 0 Å². The highest BCUT2D eigenvalue weighted by Crippen LogP contribution is 2.44. The first-order valence-electron chi connectivity index (χ1n) is 6.41. The fourth-order valence-corrected chi connectivity index (χ4v) is 3.47. The lowest BCUT2D eigenvalue weighted by molar-refractivity contribution is -0.146. The summed E-state index contributed by atoms with van der Waals surface area (Å²) in [5.41, 5.74) is 0. The van der Waals surface area contributed by atoms with E-state index >= 15 is 0 Å². The van der Waals surface area contributed by atoms with E-state index < -0.39 is 5.97 Å². The monoisotopic (exact) mass is 238 g/mol. The molecule has 2 N–H and O–H groups in total. The molecule has 0 aromatic carbocycles. The van der Waals surface area contributed by atoms with Crippen LogP contribution in [-0.2, 0) is 4.79 Å². The Morgan fingerprint density at radius 2 is 1.94 bits per heavy atom. The fraction of sp³-hybridized carbons (Fsp3) is 0.833. The first-order valence-corrected chi connectivity index (χ1v) is 6.41. The molecular formula is C12H18N2O3. The van der Waals surface area contributed by atoms with Crippen molar-refractivity contribution in [3.8, 4) is 0 Å². The van der Waals surface area contributed by atoms with E-state index in [1.165, 1.54) is 19.3 Å². The fourth-order valence-electron chi connectivity index (χ4n) is 3.47. The van der Waals surface area contributed by atoms with Crippen molar-refractivity contribution < 1.29 is 14.7 Å². The summed E-state index contributed by atoms with van der Waals surface area (Å²) in [4.78, 5) is 24.1. The van der Waals surface area contributed by atoms with Gasteiger partial charge in [-0.3, -0.25) is 4.79 Å². The predicted octanol–water partition coefficient (Wildman–Crippen LogP) is 0.901. The van der Waals surface area contributed by atoms with Gasteiger partial charge in [0.2, 0.25) is 0 Å². The number of carbonyl (C=O) groups excluding carboxylic acids is 1. The quantitative estimate of drug-likeness (QED) is 0.751. The van der Waals surface area contributed by atoms with Crippen molar-refractivity contribution in [1.82, 2.24) is 10.2 Å². The van der Waals surface area contributed by atoms with Gasteiger partial charge < -0.3 is 15.3 Å². The molecular weight excluding hydrogens is 220 g/mol. The number of nitrogens with zero attached hydrogens (tertiary/aromatic N) is 1. The predicted molar refractivity (Wildman–Crippen MR) is 60.5 cm³/mol. The molecule has 1 saturated heterocycles. The maximum absolute atomic E-state index is 11.8. The van der Waals surface area contributed by atoms with Crippen LogP contribution in [0.15, 0.2) is 0 Å². The first kappa shape index (κ1) is 10.9. The lowest BCUT2D eigenvalue weighted by Gasteiger charge is -2.38. The molecule has 2 amide bonds. The molecule has 5 nitrogen and oxygen atoms in total. The summed E-state index contributed by atoms with van der Waals surface area (Å²) in [6.07, 6.45) is 4.95. The summed E-state index contributed by atoms with van der Waals surface area (Å²) in [5, 5.41) is 11.8. The van der Waals surface area contributed by atoms with E-state index in [2.05, 4.69) is 5.32 Å². The molecule has 1 heterocycles. The van der Waals surface area contributed by atoms with Crippen LogP contribution in [0.1, 0.15) is 25.7 Å². The number of fused-ring (bicyclic) bond motifs is 2. The molecule has 3 fully saturated rings. The summed E-state index contributed by atoms with van der Waals surface area (Å²) < 4.78 is 0. The minimum Gasteiger partial charge on any atom is -0.481 e. The Hall–Kier alpha value is -1.26. The van der Waals surface area contributed by atoms with Crippen molar-refractivity contribution >= 4 is 12.0 Å². The van der Waals surface area contributed by atoms with Crippen molar-refractivity contribution in [1.29, 1.82) is 0 Å². The molecule has 94 valence electrons. The van der Waals surface area contributed by atoms with Crippen molar-refractivity contribution in [2.45, 2.75) is 31.7 Å². The molecule has 3 aliphatic rings. The molecule has 17 heavy (non-hydrogen) atoms. The van der Waals surface area contributed by atoms with E-state index in [9.17, 15) is 9.59 Å². The van der Waals surface area contributed by atoms with Crippen molar-refractivity contribution in [3.05, 3.63) is 0 Å². The van der Waals surface area contributed by atoms with Gasteiger partial charge in [-0.1, -0.05) is 6.42 Å². The molecule has 5 heteroatoms. The molecule has 3 unspecified atom stereocenters. The summed E-state index contributed by atoms with van der Waals surface area (Å²) >= 11 is 0. The Morgan fingerprint density at radius 1 is 1.18 bits per heavy atom. The van der Waals surface area contributed by atoms with Gasteiger partial charge in [0.15, 0.2) is 0 Å². The number of likely N-dealkylation sites (tertiary alicyclic amines) is 1. The van der Waals surface area contributed by atoms with Crippen LogP contribution in [0.4, 0.5) is 4.79 Å². The van der Waals surface area contributed by atoms with Gasteiger partial charge in [0.25, 0.3) is 0 Å². The Balaban J connectivity index is 1.47. The zero-order valence-electron chi connectivity index (χ0n) is 9.76. The van der Waals surface area contributed by atoms with Crippen LogP contribution in [-0.4, -0.2) is 41.1 Å². The number of carboxylic acid groups (broad SMARTS) is 1. The standard InChI is InChI=1S/C12H18N2O3/c15-11(16)9-5-14(6-9)12(17)13-10-4-7-1-2-8(10)3-7/h7-10H,1-6H2,(H,13,17)(H,15,16). The second-order valence-electron chi connectivity index (χ2n) is 5.67. The van der Waals surface area contributed by atoms with Gasteiger partial charge >= 0.3 is 12.0 Å². The smallest absolute Gasteiger partial charge is 0.317 e. The number of carboxylic acids is 1. The zero-order chi connectivity index (χ0) is 12.0. The third-order valence-electron chi connectivity index (χ3n) is 4.56. The Bertz CT molecular complexity index is 352. The highest BCUT2D eigenvalue weighted by atomic mass is 16.4. The molecule has 3 atom stereocenters. The summed E-state index contributed by atoms with van der Waals surface area (Å²) in [6, 6.07) is 0.269. The number of urea groups is 1. The highest BCUT2D eigenvalue weighted by Gasteiger charge is 2.42. The van der Waals surface area contributed by atoms with Gasteiger partial charge in [-0.25, -0.2) is 4.79 Å². The molecule has 2 aliphatic carbocycles. The van der Waals surface area contributed by atoms with E-state index in [4.69, 9.17) is 5.11 Å². The lowest BCUT2D eigenvalue weighted by atomic mass is 9.95. The lowest BCUT2D eigenvalue weighted by Crippen LogP contribution is -2.58. The highest BCUT2D eigenvalue weighted by molar-refractivity contribution is 5.80. The largest absolute Gasteiger partial charge is 0.481 e. The Kier molecular flexibility index (Phi) is 2.49. The molecule has 1 aliphatic heterocycles. The second-order valence-corrected chi connectivity index (χ2v) is 5.67. The van der Waals surface area contributed by atoms with Crippen molar-refractivity contribution in [2.24, 2.45) is 17.8 Å². The first-order chi connectivity index (χ1) is 8.13. The number of nitrogens with one attached hydrogen (secondary N) is 1. The molecule has 0 aromatic rings. The van der Waals surface area contributed by atoms with Gasteiger partial charge in [0, 0.05) is 19.1 Å². The number of aliphatic carboxylic acids is 1. The van der Waals surface area contributed by atoms with Crippen LogP contribution >= 0.6 is 0 Å². The number of amides is 2. The van der Waals surface area contributed by atoms with Crippen LogP contribution in [0, 0.1) is 17.8 Å². The molecule has 0 aromatic heterocycles. The van der Waals surface area contributed by atoms with Crippen LogP contribution < -0.4 is 5.32 Å². The molecule has 3 rings (SSSR count). The maximum Gasteiger partial charge on any atom is 0.317 e. The number of rotatable bonds is 2. The van der Waals surface area contributed by atoms with Crippen LogP contribution in [0.2, 0.25) is 0 Å². The minimum absolute atomic E-state index is 0.0694. The van der Waals surface area contributed by atoms with Gasteiger partial charge in [-0.15, -0.1) is 0 Å². The van der Waals surface area contributed by atoms with E-state index in [1.807, 2.05) is 0 Å². The molecule has 2 saturated carbocycles. The van der Waals surface area contributed by atoms with Crippen LogP contribution in [0.3, 0.4) is 0 Å². The average Bonchev–Trinajstić information content (AvgIpc) is 2.75. The summed E-state index contributed by atoms with van der Waals surface area (Å²) in [5.74, 6) is 0.323. The molecule has 0 spiro atoms. The maximum atomic E-state index is 11.8. The van der Waals surface area contributed by atoms with E-state index in [-0.39, 0.29) is 11.9 Å². The number of carbonyl (C=O) groups is 2. The van der Waals surface area contributed by atoms with Crippen LogP contribution in [0.5, 0.6) is 0 Å². The van der Waals surface area contributed by atoms with Crippen molar-refractivity contribution in [2.75, 3.05) is 13.1 Å². The Morgan fingerprint density at radius 3 is 2.47 bits per heavy atom. The number of hydrogen-bond acceptors (Lipinski definition) is 2. The third kappa shape index (κ3) is 1.87. The average molecular weight is 238 g/mol. The van der Waals surface area contributed by atoms with Gasteiger partial charge in [0.05, 0.1) is 5.92 Å². The van der Waals surface area contributed by atoms with Gasteiger partial charge in [-0.05, 0) is 31.1 Å². The summed E-state index contributed by atoms with van der Waals surface area (Å²) in [7, 11) is 0. The number of hydrogen-bond donors (Lipinski definition) is 2. The Labute approximate surface area is 100 Å². The van der Waals surface area contributed by atoms with Crippen LogP contribution in [0.25, 0.3) is 0 Å². The van der Waals surface area contributed by atoms with E-state index in [0.717, 1.165) is 12.3 Å². The van der Waals surface area contributed by atoms with E-state index in [0.29, 0.717) is 25.0 Å². The zero-order valence-corrected chi connectivity index (χ0v) is 9.76. The molecule has 0 radical (unpaired) electrons. The third-order valence-corrected chi connectivity index (χ3v) is 4.56.